The first-order valence-electron chi connectivity index (χ1n) is 4.95. The van der Waals surface area contributed by atoms with Gasteiger partial charge in [0.2, 0.25) is 0 Å². The highest BCUT2D eigenvalue weighted by Gasteiger charge is 2.29. The summed E-state index contributed by atoms with van der Waals surface area (Å²) in [5.41, 5.74) is 0.548. The Morgan fingerprint density at radius 2 is 2.06 bits per heavy atom. The molecule has 0 saturated heterocycles. The fraction of sp³-hybridized carbons (Fsp3) is 0.250. The molecule has 90 valence electrons. The summed E-state index contributed by atoms with van der Waals surface area (Å²) >= 11 is 1.29. The highest BCUT2D eigenvalue weighted by Crippen LogP contribution is 2.32. The molecule has 1 aromatic heterocycles. The summed E-state index contributed by atoms with van der Waals surface area (Å²) in [6.07, 6.45) is -5.26. The maximum atomic E-state index is 12.4. The van der Waals surface area contributed by atoms with E-state index in [1.165, 1.54) is 24.3 Å². The van der Waals surface area contributed by atoms with Gasteiger partial charge in [0, 0.05) is 21.0 Å². The Kier molecular flexibility index (Phi) is 2.95. The molecule has 0 N–H and O–H groups in total. The number of Topliss-reactive ketones (excluding diaryl/α,β-unsaturated/α-hetero) is 1. The van der Waals surface area contributed by atoms with Crippen LogP contribution in [-0.4, -0.2) is 12.0 Å². The van der Waals surface area contributed by atoms with E-state index in [-0.39, 0.29) is 11.3 Å². The van der Waals surface area contributed by atoms with E-state index in [2.05, 4.69) is 0 Å². The molecule has 2 aromatic rings. The summed E-state index contributed by atoms with van der Waals surface area (Å²) in [4.78, 5) is 11.4. The largest absolute Gasteiger partial charge is 0.393 e. The summed E-state index contributed by atoms with van der Waals surface area (Å²) < 4.78 is 38.0. The molecule has 0 bridgehead atoms. The second-order valence-electron chi connectivity index (χ2n) is 3.79. The van der Waals surface area contributed by atoms with Crippen molar-refractivity contribution in [2.45, 2.75) is 19.5 Å². The zero-order chi connectivity index (χ0) is 12.6. The number of alkyl halides is 3. The molecule has 5 heteroatoms. The normalized spacial score (nSPS) is 12.0. The minimum Gasteiger partial charge on any atom is -0.294 e. The number of ketones is 1. The van der Waals surface area contributed by atoms with E-state index in [9.17, 15) is 18.0 Å². The van der Waals surface area contributed by atoms with Crippen molar-refractivity contribution in [2.24, 2.45) is 0 Å². The van der Waals surface area contributed by atoms with E-state index in [1.807, 2.05) is 0 Å². The number of rotatable bonds is 2. The van der Waals surface area contributed by atoms with Crippen molar-refractivity contribution in [1.29, 1.82) is 0 Å². The summed E-state index contributed by atoms with van der Waals surface area (Å²) in [6.45, 7) is 1.37. The first-order chi connectivity index (χ1) is 7.88. The van der Waals surface area contributed by atoms with Crippen LogP contribution < -0.4 is 0 Å². The standard InChI is InChI=1S/C12H9F3OS/c1-7(16)9-6-17-10-4-2-3-8(11(9)10)5-12(13,14)15/h2-4,6H,5H2,1H3. The van der Waals surface area contributed by atoms with Gasteiger partial charge in [0.05, 0.1) is 6.42 Å². The van der Waals surface area contributed by atoms with Crippen molar-refractivity contribution < 1.29 is 18.0 Å². The molecular formula is C12H9F3OS. The van der Waals surface area contributed by atoms with E-state index in [0.717, 1.165) is 4.70 Å². The molecule has 1 nitrogen and oxygen atoms in total. The van der Waals surface area contributed by atoms with E-state index in [4.69, 9.17) is 0 Å². The van der Waals surface area contributed by atoms with Crippen molar-refractivity contribution in [2.75, 3.05) is 0 Å². The number of fused-ring (bicyclic) bond motifs is 1. The van der Waals surface area contributed by atoms with Gasteiger partial charge in [0.15, 0.2) is 5.78 Å². The fourth-order valence-electron chi connectivity index (χ4n) is 1.78. The van der Waals surface area contributed by atoms with E-state index in [1.54, 1.807) is 17.5 Å². The fourth-order valence-corrected chi connectivity index (χ4v) is 2.83. The number of carbonyl (C=O) groups excluding carboxylic acids is 1. The molecule has 0 amide bonds. The van der Waals surface area contributed by atoms with Crippen LogP contribution in [0.4, 0.5) is 13.2 Å². The van der Waals surface area contributed by atoms with Gasteiger partial charge in [0.25, 0.3) is 0 Å². The Morgan fingerprint density at radius 1 is 1.35 bits per heavy atom. The molecule has 0 spiro atoms. The third-order valence-corrected chi connectivity index (χ3v) is 3.40. The average molecular weight is 258 g/mol. The van der Waals surface area contributed by atoms with Gasteiger partial charge in [-0.1, -0.05) is 12.1 Å². The Balaban J connectivity index is 2.62. The third-order valence-electron chi connectivity index (χ3n) is 2.46. The molecule has 0 aliphatic heterocycles. The minimum atomic E-state index is -4.26. The highest BCUT2D eigenvalue weighted by atomic mass is 32.1. The van der Waals surface area contributed by atoms with Gasteiger partial charge in [-0.25, -0.2) is 0 Å². The van der Waals surface area contributed by atoms with Crippen LogP contribution >= 0.6 is 11.3 Å². The van der Waals surface area contributed by atoms with E-state index >= 15 is 0 Å². The number of halogens is 3. The summed E-state index contributed by atoms with van der Waals surface area (Å²) in [5.74, 6) is -0.203. The van der Waals surface area contributed by atoms with Crippen molar-refractivity contribution in [1.82, 2.24) is 0 Å². The topological polar surface area (TPSA) is 17.1 Å². The van der Waals surface area contributed by atoms with Crippen LogP contribution in [0.5, 0.6) is 0 Å². The summed E-state index contributed by atoms with van der Waals surface area (Å²) in [5, 5.41) is 2.06. The summed E-state index contributed by atoms with van der Waals surface area (Å²) in [7, 11) is 0. The van der Waals surface area contributed by atoms with Crippen LogP contribution in [0.1, 0.15) is 22.8 Å². The SMILES string of the molecule is CC(=O)c1csc2cccc(CC(F)(F)F)c12. The van der Waals surface area contributed by atoms with Crippen LogP contribution in [0.15, 0.2) is 23.6 Å². The van der Waals surface area contributed by atoms with Gasteiger partial charge >= 0.3 is 6.18 Å². The molecule has 0 unspecified atom stereocenters. The first kappa shape index (κ1) is 12.1. The predicted molar refractivity (Wildman–Crippen MR) is 61.6 cm³/mol. The number of hydrogen-bond acceptors (Lipinski definition) is 2. The molecule has 0 aliphatic carbocycles. The zero-order valence-electron chi connectivity index (χ0n) is 8.97. The van der Waals surface area contributed by atoms with Gasteiger partial charge in [-0.3, -0.25) is 4.79 Å². The van der Waals surface area contributed by atoms with E-state index < -0.39 is 12.6 Å². The Morgan fingerprint density at radius 3 is 2.65 bits per heavy atom. The smallest absolute Gasteiger partial charge is 0.294 e. The van der Waals surface area contributed by atoms with Gasteiger partial charge in [-0.15, -0.1) is 11.3 Å². The molecule has 1 aromatic carbocycles. The van der Waals surface area contributed by atoms with Gasteiger partial charge in [-0.2, -0.15) is 13.2 Å². The van der Waals surface area contributed by atoms with Crippen LogP contribution in [-0.2, 0) is 6.42 Å². The van der Waals surface area contributed by atoms with Crippen molar-refractivity contribution in [3.63, 3.8) is 0 Å². The number of hydrogen-bond donors (Lipinski definition) is 0. The molecule has 0 fully saturated rings. The lowest BCUT2D eigenvalue weighted by Gasteiger charge is -2.08. The number of benzene rings is 1. The minimum absolute atomic E-state index is 0.168. The maximum absolute atomic E-state index is 12.4. The zero-order valence-corrected chi connectivity index (χ0v) is 9.78. The van der Waals surface area contributed by atoms with E-state index in [0.29, 0.717) is 10.9 Å². The Hall–Kier alpha value is -1.36. The van der Waals surface area contributed by atoms with Crippen molar-refractivity contribution in [3.05, 3.63) is 34.7 Å². The molecule has 0 aliphatic rings. The molecule has 0 radical (unpaired) electrons. The Bertz CT molecular complexity index is 569. The second-order valence-corrected chi connectivity index (χ2v) is 4.70. The molecule has 1 heterocycles. The third kappa shape index (κ3) is 2.49. The van der Waals surface area contributed by atoms with Gasteiger partial charge < -0.3 is 0 Å². The van der Waals surface area contributed by atoms with Gasteiger partial charge in [-0.05, 0) is 18.6 Å². The van der Waals surface area contributed by atoms with Crippen LogP contribution in [0, 0.1) is 0 Å². The number of thiophene rings is 1. The predicted octanol–water partition coefficient (Wildman–Crippen LogP) is 4.21. The quantitative estimate of drug-likeness (QED) is 0.737. The molecular weight excluding hydrogens is 249 g/mol. The number of carbonyl (C=O) groups is 1. The lowest BCUT2D eigenvalue weighted by molar-refractivity contribution is -0.127. The average Bonchev–Trinajstić information content (AvgIpc) is 2.59. The lowest BCUT2D eigenvalue weighted by atomic mass is 10.0. The van der Waals surface area contributed by atoms with Gasteiger partial charge in [0.1, 0.15) is 0 Å². The lowest BCUT2D eigenvalue weighted by Crippen LogP contribution is -2.12. The highest BCUT2D eigenvalue weighted by molar-refractivity contribution is 7.17. The molecule has 2 rings (SSSR count). The first-order valence-corrected chi connectivity index (χ1v) is 5.83. The summed E-state index contributed by atoms with van der Waals surface area (Å²) in [6, 6.07) is 4.74. The maximum Gasteiger partial charge on any atom is 0.393 e. The van der Waals surface area contributed by atoms with Crippen molar-refractivity contribution in [3.8, 4) is 0 Å². The van der Waals surface area contributed by atoms with Crippen LogP contribution in [0.25, 0.3) is 10.1 Å². The monoisotopic (exact) mass is 258 g/mol. The van der Waals surface area contributed by atoms with Crippen LogP contribution in [0.3, 0.4) is 0 Å². The Labute approximate surface area is 99.9 Å². The molecule has 17 heavy (non-hydrogen) atoms. The van der Waals surface area contributed by atoms with Crippen LogP contribution in [0.2, 0.25) is 0 Å². The molecule has 0 saturated carbocycles. The second kappa shape index (κ2) is 4.14. The van der Waals surface area contributed by atoms with Crippen molar-refractivity contribution >= 4 is 27.2 Å². The molecule has 0 atom stereocenters.